The lowest BCUT2D eigenvalue weighted by Crippen LogP contribution is -2.42. The van der Waals surface area contributed by atoms with Gasteiger partial charge in [-0.25, -0.2) is 14.8 Å². The highest BCUT2D eigenvalue weighted by atomic mass is 16.6. The molecule has 8 nitrogen and oxygen atoms in total. The molecule has 0 saturated heterocycles. The second-order valence-corrected chi connectivity index (χ2v) is 8.77. The van der Waals surface area contributed by atoms with Crippen LogP contribution in [0.15, 0.2) is 30.6 Å². The lowest BCUT2D eigenvalue weighted by Gasteiger charge is -2.19. The second kappa shape index (κ2) is 7.12. The lowest BCUT2D eigenvalue weighted by atomic mass is 10.0. The van der Waals surface area contributed by atoms with Crippen LogP contribution in [0.1, 0.15) is 46.1 Å². The van der Waals surface area contributed by atoms with E-state index in [1.807, 2.05) is 32.5 Å². The average Bonchev–Trinajstić information content (AvgIpc) is 3.20. The van der Waals surface area contributed by atoms with Gasteiger partial charge in [0.2, 0.25) is 0 Å². The van der Waals surface area contributed by atoms with Crippen molar-refractivity contribution in [2.45, 2.75) is 46.1 Å². The van der Waals surface area contributed by atoms with Crippen molar-refractivity contribution >= 4 is 28.2 Å². The van der Waals surface area contributed by atoms with Crippen LogP contribution in [-0.2, 0) is 7.05 Å². The standard InChI is InChI=1S/C22H26N6O2/c1-12(2)13-7-8-16-14(9-13)18(27-28(16)6)15-10-23-20-19(25-15)17(11-24-20)30-21(29)26-22(3,4)5/h7-12H,1-6H3,(H,23,24)(H,26,29). The highest BCUT2D eigenvalue weighted by molar-refractivity contribution is 5.94. The van der Waals surface area contributed by atoms with Gasteiger partial charge in [0.05, 0.1) is 11.7 Å². The van der Waals surface area contributed by atoms with Crippen molar-refractivity contribution in [3.8, 4) is 17.1 Å². The summed E-state index contributed by atoms with van der Waals surface area (Å²) in [5.74, 6) is 0.728. The summed E-state index contributed by atoms with van der Waals surface area (Å²) in [6, 6.07) is 6.35. The van der Waals surface area contributed by atoms with Crippen LogP contribution in [0, 0.1) is 0 Å². The number of H-pyrrole nitrogens is 1. The number of nitrogens with one attached hydrogen (secondary N) is 2. The Kier molecular flexibility index (Phi) is 4.72. The van der Waals surface area contributed by atoms with Gasteiger partial charge in [0.15, 0.2) is 16.9 Å². The van der Waals surface area contributed by atoms with E-state index in [1.165, 1.54) is 5.56 Å². The SMILES string of the molecule is CC(C)c1ccc2c(c1)c(-c1cnc3[nH]cc(OC(=O)NC(C)(C)C)c3n1)nn2C. The molecule has 0 fully saturated rings. The normalized spacial score (nSPS) is 12.1. The molecule has 3 aromatic heterocycles. The monoisotopic (exact) mass is 406 g/mol. The van der Waals surface area contributed by atoms with E-state index < -0.39 is 11.6 Å². The highest BCUT2D eigenvalue weighted by Gasteiger charge is 2.20. The summed E-state index contributed by atoms with van der Waals surface area (Å²) < 4.78 is 7.31. The third kappa shape index (κ3) is 3.72. The van der Waals surface area contributed by atoms with Crippen molar-refractivity contribution in [1.82, 2.24) is 30.0 Å². The minimum absolute atomic E-state index is 0.323. The fraction of sp³-hybridized carbons (Fsp3) is 0.364. The number of ether oxygens (including phenoxy) is 1. The first-order valence-corrected chi connectivity index (χ1v) is 9.93. The van der Waals surface area contributed by atoms with E-state index in [9.17, 15) is 4.79 Å². The minimum atomic E-state index is -0.541. The molecule has 4 aromatic rings. The van der Waals surface area contributed by atoms with Gasteiger partial charge in [-0.15, -0.1) is 0 Å². The Morgan fingerprint density at radius 2 is 2.03 bits per heavy atom. The minimum Gasteiger partial charge on any atom is -0.406 e. The molecule has 156 valence electrons. The van der Waals surface area contributed by atoms with Crippen LogP contribution < -0.4 is 10.1 Å². The van der Waals surface area contributed by atoms with E-state index >= 15 is 0 Å². The van der Waals surface area contributed by atoms with Crippen LogP contribution in [0.3, 0.4) is 0 Å². The third-order valence-corrected chi connectivity index (χ3v) is 4.81. The molecule has 3 heterocycles. The number of aromatic amines is 1. The van der Waals surface area contributed by atoms with E-state index in [2.05, 4.69) is 52.4 Å². The van der Waals surface area contributed by atoms with E-state index in [1.54, 1.807) is 12.4 Å². The molecule has 0 spiro atoms. The van der Waals surface area contributed by atoms with E-state index in [4.69, 9.17) is 9.72 Å². The smallest absolute Gasteiger partial charge is 0.406 e. The molecule has 1 amide bonds. The maximum Gasteiger partial charge on any atom is 0.413 e. The van der Waals surface area contributed by atoms with Crippen LogP contribution in [0.4, 0.5) is 4.79 Å². The molecule has 0 radical (unpaired) electrons. The van der Waals surface area contributed by atoms with Crippen molar-refractivity contribution in [1.29, 1.82) is 0 Å². The number of fused-ring (bicyclic) bond motifs is 2. The Bertz CT molecular complexity index is 1250. The second-order valence-electron chi connectivity index (χ2n) is 8.77. The summed E-state index contributed by atoms with van der Waals surface area (Å²) in [6.07, 6.45) is 2.73. The fourth-order valence-electron chi connectivity index (χ4n) is 3.32. The van der Waals surface area contributed by atoms with Gasteiger partial charge >= 0.3 is 6.09 Å². The predicted octanol–water partition coefficient (Wildman–Crippen LogP) is 4.52. The Morgan fingerprint density at radius 3 is 2.73 bits per heavy atom. The van der Waals surface area contributed by atoms with Gasteiger partial charge in [-0.1, -0.05) is 19.9 Å². The molecule has 0 unspecified atom stereocenters. The Balaban J connectivity index is 1.77. The van der Waals surface area contributed by atoms with Gasteiger partial charge < -0.3 is 15.0 Å². The van der Waals surface area contributed by atoms with E-state index in [0.717, 1.165) is 16.6 Å². The zero-order valence-electron chi connectivity index (χ0n) is 18.1. The van der Waals surface area contributed by atoms with Gasteiger partial charge in [0.1, 0.15) is 11.4 Å². The number of amides is 1. The molecule has 0 bridgehead atoms. The topological polar surface area (TPSA) is 97.7 Å². The van der Waals surface area contributed by atoms with Crippen molar-refractivity contribution in [3.63, 3.8) is 0 Å². The summed E-state index contributed by atoms with van der Waals surface area (Å²) in [6.45, 7) is 9.99. The summed E-state index contributed by atoms with van der Waals surface area (Å²) in [5.41, 5.74) is 4.24. The molecular formula is C22H26N6O2. The van der Waals surface area contributed by atoms with Gasteiger partial charge in [-0.3, -0.25) is 4.68 Å². The molecule has 0 aliphatic heterocycles. The molecular weight excluding hydrogens is 380 g/mol. The number of hydrogen-bond acceptors (Lipinski definition) is 5. The van der Waals surface area contributed by atoms with E-state index in [0.29, 0.717) is 28.5 Å². The molecule has 0 aliphatic rings. The van der Waals surface area contributed by atoms with Crippen LogP contribution in [-0.4, -0.2) is 36.4 Å². The number of hydrogen-bond donors (Lipinski definition) is 2. The zero-order chi connectivity index (χ0) is 21.6. The van der Waals surface area contributed by atoms with Crippen molar-refractivity contribution in [2.24, 2.45) is 7.05 Å². The zero-order valence-corrected chi connectivity index (χ0v) is 18.1. The lowest BCUT2D eigenvalue weighted by molar-refractivity contribution is 0.191. The average molecular weight is 406 g/mol. The molecule has 8 heteroatoms. The number of carbonyl (C=O) groups is 1. The van der Waals surface area contributed by atoms with Gasteiger partial charge in [0.25, 0.3) is 0 Å². The van der Waals surface area contributed by atoms with Crippen LogP contribution >= 0.6 is 0 Å². The number of aromatic nitrogens is 5. The maximum atomic E-state index is 12.2. The van der Waals surface area contributed by atoms with Crippen molar-refractivity contribution in [2.75, 3.05) is 0 Å². The molecule has 1 aromatic carbocycles. The quantitative estimate of drug-likeness (QED) is 0.521. The summed E-state index contributed by atoms with van der Waals surface area (Å²) in [5, 5.41) is 8.46. The van der Waals surface area contributed by atoms with Crippen LogP contribution in [0.25, 0.3) is 33.5 Å². The van der Waals surface area contributed by atoms with Gasteiger partial charge in [-0.2, -0.15) is 5.10 Å². The molecule has 30 heavy (non-hydrogen) atoms. The third-order valence-electron chi connectivity index (χ3n) is 4.81. The van der Waals surface area contributed by atoms with Crippen LogP contribution in [0.5, 0.6) is 5.75 Å². The Hall–Kier alpha value is -3.42. The highest BCUT2D eigenvalue weighted by Crippen LogP contribution is 2.31. The van der Waals surface area contributed by atoms with Gasteiger partial charge in [-0.05, 0) is 44.4 Å². The first kappa shape index (κ1) is 19.9. The Labute approximate surface area is 174 Å². The molecule has 0 aliphatic carbocycles. The van der Waals surface area contributed by atoms with Crippen molar-refractivity contribution in [3.05, 3.63) is 36.2 Å². The number of nitrogens with zero attached hydrogens (tertiary/aromatic N) is 4. The summed E-state index contributed by atoms with van der Waals surface area (Å²) in [7, 11) is 1.91. The molecule has 0 saturated carbocycles. The fourth-order valence-corrected chi connectivity index (χ4v) is 3.32. The number of benzene rings is 1. The summed E-state index contributed by atoms with van der Waals surface area (Å²) >= 11 is 0. The largest absolute Gasteiger partial charge is 0.413 e. The number of aryl methyl sites for hydroxylation is 1. The molecule has 4 rings (SSSR count). The van der Waals surface area contributed by atoms with Gasteiger partial charge in [0, 0.05) is 24.2 Å². The maximum absolute atomic E-state index is 12.2. The summed E-state index contributed by atoms with van der Waals surface area (Å²) in [4.78, 5) is 24.4. The van der Waals surface area contributed by atoms with Crippen LogP contribution in [0.2, 0.25) is 0 Å². The van der Waals surface area contributed by atoms with Crippen molar-refractivity contribution < 1.29 is 9.53 Å². The predicted molar refractivity (Wildman–Crippen MR) is 117 cm³/mol. The number of carbonyl (C=O) groups excluding carboxylic acids is 1. The first-order chi connectivity index (χ1) is 14.1. The molecule has 2 N–H and O–H groups in total. The first-order valence-electron chi connectivity index (χ1n) is 9.93. The number of rotatable bonds is 3. The Morgan fingerprint density at radius 1 is 1.27 bits per heavy atom. The molecule has 0 atom stereocenters. The van der Waals surface area contributed by atoms with E-state index in [-0.39, 0.29) is 0 Å².